The lowest BCUT2D eigenvalue weighted by Gasteiger charge is -2.24. The van der Waals surface area contributed by atoms with Crippen molar-refractivity contribution >= 4 is 5.82 Å². The molecule has 2 N–H and O–H groups in total. The van der Waals surface area contributed by atoms with Gasteiger partial charge in [0.05, 0.1) is 13.2 Å². The third-order valence-corrected chi connectivity index (χ3v) is 2.76. The van der Waals surface area contributed by atoms with Crippen LogP contribution in [0, 0.1) is 0 Å². The number of nitrogens with one attached hydrogen (secondary N) is 2. The number of anilines is 1. The Balaban J connectivity index is 1.83. The standard InChI is InChI=1S/C12H20N4O/c1-2-3-10-6-12(16-9-15-10)14-7-11-8-17-5-4-13-11/h6,9,11,13H,2-5,7-8H2,1H3,(H,14,15,16). The number of aromatic nitrogens is 2. The van der Waals surface area contributed by atoms with Crippen LogP contribution in [-0.2, 0) is 11.2 Å². The van der Waals surface area contributed by atoms with E-state index in [0.717, 1.165) is 50.7 Å². The van der Waals surface area contributed by atoms with Crippen LogP contribution in [0.4, 0.5) is 5.82 Å². The molecule has 5 nitrogen and oxygen atoms in total. The minimum absolute atomic E-state index is 0.369. The maximum atomic E-state index is 5.40. The van der Waals surface area contributed by atoms with E-state index >= 15 is 0 Å². The minimum Gasteiger partial charge on any atom is -0.378 e. The van der Waals surface area contributed by atoms with Crippen molar-refractivity contribution in [3.8, 4) is 0 Å². The van der Waals surface area contributed by atoms with Crippen molar-refractivity contribution in [3.05, 3.63) is 18.1 Å². The second kappa shape index (κ2) is 6.51. The average molecular weight is 236 g/mol. The van der Waals surface area contributed by atoms with Gasteiger partial charge in [-0.05, 0) is 6.42 Å². The Kier molecular flexibility index (Phi) is 4.70. The van der Waals surface area contributed by atoms with E-state index in [0.29, 0.717) is 6.04 Å². The molecule has 0 amide bonds. The monoisotopic (exact) mass is 236 g/mol. The average Bonchev–Trinajstić information content (AvgIpc) is 2.39. The van der Waals surface area contributed by atoms with Crippen LogP contribution in [-0.4, -0.2) is 42.3 Å². The van der Waals surface area contributed by atoms with Crippen molar-refractivity contribution in [2.45, 2.75) is 25.8 Å². The Morgan fingerprint density at radius 2 is 2.47 bits per heavy atom. The smallest absolute Gasteiger partial charge is 0.129 e. The van der Waals surface area contributed by atoms with Crippen molar-refractivity contribution in [1.29, 1.82) is 0 Å². The number of aryl methyl sites for hydroxylation is 1. The van der Waals surface area contributed by atoms with Gasteiger partial charge in [0.15, 0.2) is 0 Å². The zero-order valence-electron chi connectivity index (χ0n) is 10.3. The molecule has 0 aromatic carbocycles. The van der Waals surface area contributed by atoms with Gasteiger partial charge in [-0.25, -0.2) is 9.97 Å². The Labute approximate surface area is 102 Å². The van der Waals surface area contributed by atoms with Crippen molar-refractivity contribution < 1.29 is 4.74 Å². The second-order valence-electron chi connectivity index (χ2n) is 4.25. The lowest BCUT2D eigenvalue weighted by Crippen LogP contribution is -2.45. The topological polar surface area (TPSA) is 59.1 Å². The molecule has 1 aromatic rings. The largest absolute Gasteiger partial charge is 0.378 e. The number of nitrogens with zero attached hydrogens (tertiary/aromatic N) is 2. The molecule has 2 heterocycles. The molecule has 0 spiro atoms. The normalized spacial score (nSPS) is 20.2. The van der Waals surface area contributed by atoms with Crippen LogP contribution in [0.5, 0.6) is 0 Å². The van der Waals surface area contributed by atoms with Crippen LogP contribution in [0.25, 0.3) is 0 Å². The Bertz CT molecular complexity index is 339. The summed E-state index contributed by atoms with van der Waals surface area (Å²) in [5.74, 6) is 0.899. The first-order valence-corrected chi connectivity index (χ1v) is 6.24. The van der Waals surface area contributed by atoms with E-state index in [9.17, 15) is 0 Å². The van der Waals surface area contributed by atoms with Crippen molar-refractivity contribution in [1.82, 2.24) is 15.3 Å². The van der Waals surface area contributed by atoms with E-state index in [1.165, 1.54) is 0 Å². The lowest BCUT2D eigenvalue weighted by atomic mass is 10.2. The van der Waals surface area contributed by atoms with Gasteiger partial charge in [0.25, 0.3) is 0 Å². The summed E-state index contributed by atoms with van der Waals surface area (Å²) in [6.45, 7) is 5.49. The fourth-order valence-electron chi connectivity index (χ4n) is 1.87. The van der Waals surface area contributed by atoms with Gasteiger partial charge in [0.2, 0.25) is 0 Å². The van der Waals surface area contributed by atoms with Crippen LogP contribution >= 0.6 is 0 Å². The molecular weight excluding hydrogens is 216 g/mol. The first kappa shape index (κ1) is 12.3. The first-order chi connectivity index (χ1) is 8.38. The predicted octanol–water partition coefficient (Wildman–Crippen LogP) is 0.829. The van der Waals surface area contributed by atoms with E-state index in [-0.39, 0.29) is 0 Å². The minimum atomic E-state index is 0.369. The number of hydrogen-bond acceptors (Lipinski definition) is 5. The van der Waals surface area contributed by atoms with Crippen LogP contribution in [0.3, 0.4) is 0 Å². The van der Waals surface area contributed by atoms with E-state index in [1.807, 2.05) is 6.07 Å². The zero-order valence-corrected chi connectivity index (χ0v) is 10.3. The fraction of sp³-hybridized carbons (Fsp3) is 0.667. The molecule has 5 heteroatoms. The highest BCUT2D eigenvalue weighted by atomic mass is 16.5. The Hall–Kier alpha value is -1.20. The summed E-state index contributed by atoms with van der Waals surface area (Å²) in [6.07, 6.45) is 3.73. The predicted molar refractivity (Wildman–Crippen MR) is 67.1 cm³/mol. The second-order valence-corrected chi connectivity index (χ2v) is 4.25. The Morgan fingerprint density at radius 3 is 3.24 bits per heavy atom. The molecule has 1 atom stereocenters. The van der Waals surface area contributed by atoms with Gasteiger partial charge >= 0.3 is 0 Å². The van der Waals surface area contributed by atoms with Crippen LogP contribution < -0.4 is 10.6 Å². The number of rotatable bonds is 5. The molecule has 17 heavy (non-hydrogen) atoms. The highest BCUT2D eigenvalue weighted by Gasteiger charge is 2.12. The van der Waals surface area contributed by atoms with E-state index in [2.05, 4.69) is 27.5 Å². The van der Waals surface area contributed by atoms with E-state index in [4.69, 9.17) is 4.74 Å². The molecular formula is C12H20N4O. The van der Waals surface area contributed by atoms with Gasteiger partial charge in [-0.1, -0.05) is 13.3 Å². The van der Waals surface area contributed by atoms with Gasteiger partial charge in [-0.2, -0.15) is 0 Å². The van der Waals surface area contributed by atoms with E-state index < -0.39 is 0 Å². The molecule has 1 aromatic heterocycles. The van der Waals surface area contributed by atoms with Gasteiger partial charge in [-0.3, -0.25) is 0 Å². The maximum Gasteiger partial charge on any atom is 0.129 e. The van der Waals surface area contributed by atoms with Crippen molar-refractivity contribution in [2.24, 2.45) is 0 Å². The maximum absolute atomic E-state index is 5.40. The van der Waals surface area contributed by atoms with Crippen molar-refractivity contribution in [2.75, 3.05) is 31.6 Å². The molecule has 0 aliphatic carbocycles. The third-order valence-electron chi connectivity index (χ3n) is 2.76. The Morgan fingerprint density at radius 1 is 1.53 bits per heavy atom. The third kappa shape index (κ3) is 3.94. The summed E-state index contributed by atoms with van der Waals surface area (Å²) in [6, 6.07) is 2.39. The van der Waals surface area contributed by atoms with Gasteiger partial charge in [0, 0.05) is 30.9 Å². The zero-order chi connectivity index (χ0) is 11.9. The highest BCUT2D eigenvalue weighted by molar-refractivity contribution is 5.35. The molecule has 0 saturated carbocycles. The molecule has 2 rings (SSSR count). The molecule has 94 valence electrons. The lowest BCUT2D eigenvalue weighted by molar-refractivity contribution is 0.0806. The van der Waals surface area contributed by atoms with Gasteiger partial charge in [-0.15, -0.1) is 0 Å². The number of ether oxygens (including phenoxy) is 1. The molecule has 1 aliphatic rings. The summed E-state index contributed by atoms with van der Waals surface area (Å²) in [7, 11) is 0. The summed E-state index contributed by atoms with van der Waals surface area (Å²) < 4.78 is 5.40. The van der Waals surface area contributed by atoms with E-state index in [1.54, 1.807) is 6.33 Å². The molecule has 1 fully saturated rings. The SMILES string of the molecule is CCCc1cc(NCC2COCCN2)ncn1. The number of hydrogen-bond donors (Lipinski definition) is 2. The summed E-state index contributed by atoms with van der Waals surface area (Å²) in [4.78, 5) is 8.45. The van der Waals surface area contributed by atoms with Crippen LogP contribution in [0.15, 0.2) is 12.4 Å². The molecule has 1 saturated heterocycles. The molecule has 1 aliphatic heterocycles. The first-order valence-electron chi connectivity index (χ1n) is 6.24. The summed E-state index contributed by atoms with van der Waals surface area (Å²) in [5.41, 5.74) is 1.10. The van der Waals surface area contributed by atoms with Gasteiger partial charge in [0.1, 0.15) is 12.1 Å². The fourth-order valence-corrected chi connectivity index (χ4v) is 1.87. The highest BCUT2D eigenvalue weighted by Crippen LogP contribution is 2.06. The van der Waals surface area contributed by atoms with Crippen LogP contribution in [0.1, 0.15) is 19.0 Å². The van der Waals surface area contributed by atoms with Crippen molar-refractivity contribution in [3.63, 3.8) is 0 Å². The van der Waals surface area contributed by atoms with Gasteiger partial charge < -0.3 is 15.4 Å². The summed E-state index contributed by atoms with van der Waals surface area (Å²) >= 11 is 0. The molecule has 0 bridgehead atoms. The van der Waals surface area contributed by atoms with Crippen LogP contribution in [0.2, 0.25) is 0 Å². The quantitative estimate of drug-likeness (QED) is 0.793. The molecule has 1 unspecified atom stereocenters. The molecule has 0 radical (unpaired) electrons. The summed E-state index contributed by atoms with van der Waals surface area (Å²) in [5, 5.41) is 6.72. The number of morpholine rings is 1.